The molecule has 0 spiro atoms. The molecule has 0 unspecified atom stereocenters. The third kappa shape index (κ3) is 4.23. The van der Waals surface area contributed by atoms with Crippen LogP contribution in [0.4, 0.5) is 13.2 Å². The second-order valence-electron chi connectivity index (χ2n) is 6.49. The number of β-amino-alcohol motifs (C(OH)–C–C–N with tert-alkyl or cyclic N) is 1. The molecule has 1 aliphatic rings. The summed E-state index contributed by atoms with van der Waals surface area (Å²) in [6.45, 7) is 1.28. The normalized spacial score (nSPS) is 20.2. The summed E-state index contributed by atoms with van der Waals surface area (Å²) in [5.41, 5.74) is -0.0369. The third-order valence-electron chi connectivity index (χ3n) is 4.47. The predicted molar refractivity (Wildman–Crippen MR) is 91.6 cm³/mol. The largest absolute Gasteiger partial charge is 0.416 e. The molecule has 3 N–H and O–H groups in total. The van der Waals surface area contributed by atoms with E-state index in [9.17, 15) is 23.1 Å². The molecule has 138 valence electrons. The summed E-state index contributed by atoms with van der Waals surface area (Å²) in [7, 11) is 0. The molecule has 2 aromatic carbocycles. The van der Waals surface area contributed by atoms with Crippen molar-refractivity contribution in [1.82, 2.24) is 10.6 Å². The van der Waals surface area contributed by atoms with E-state index in [2.05, 4.69) is 10.6 Å². The molecular weight excluding hydrogens is 345 g/mol. The zero-order valence-corrected chi connectivity index (χ0v) is 13.9. The Hall–Kier alpha value is -2.38. The van der Waals surface area contributed by atoms with Crippen LogP contribution in [0.15, 0.2) is 48.5 Å². The Morgan fingerprint density at radius 1 is 1.15 bits per heavy atom. The summed E-state index contributed by atoms with van der Waals surface area (Å²) in [4.78, 5) is 12.3. The molecule has 0 aliphatic carbocycles. The van der Waals surface area contributed by atoms with Crippen LogP contribution in [0.3, 0.4) is 0 Å². The number of carbonyl (C=O) groups excluding carboxylic acids is 1. The van der Waals surface area contributed by atoms with E-state index >= 15 is 0 Å². The standard InChI is InChI=1S/C19H19F3N2O2/c20-19(21,22)16-6-4-13(5-7-16)14-2-1-3-15(10-14)17(25)24-12-18(26)8-9-23-11-18/h1-7,10,23,26H,8-9,11-12H2,(H,24,25)/t18-/m1/s1. The average Bonchev–Trinajstić information content (AvgIpc) is 3.06. The molecule has 7 heteroatoms. The summed E-state index contributed by atoms with van der Waals surface area (Å²) >= 11 is 0. The van der Waals surface area contributed by atoms with Gasteiger partial charge in [0.2, 0.25) is 0 Å². The van der Waals surface area contributed by atoms with Crippen LogP contribution >= 0.6 is 0 Å². The molecule has 1 heterocycles. The van der Waals surface area contributed by atoms with E-state index in [1.165, 1.54) is 12.1 Å². The Morgan fingerprint density at radius 3 is 2.50 bits per heavy atom. The molecule has 1 fully saturated rings. The highest BCUT2D eigenvalue weighted by Crippen LogP contribution is 2.31. The molecule has 2 aromatic rings. The van der Waals surface area contributed by atoms with Crippen LogP contribution in [0.25, 0.3) is 11.1 Å². The molecule has 0 saturated carbocycles. The Morgan fingerprint density at radius 2 is 1.88 bits per heavy atom. The molecule has 0 bridgehead atoms. The monoisotopic (exact) mass is 364 g/mol. The maximum absolute atomic E-state index is 12.7. The van der Waals surface area contributed by atoms with Crippen molar-refractivity contribution in [1.29, 1.82) is 0 Å². The summed E-state index contributed by atoms with van der Waals surface area (Å²) in [5, 5.41) is 16.0. The zero-order valence-electron chi connectivity index (χ0n) is 13.9. The first-order valence-corrected chi connectivity index (χ1v) is 8.26. The Labute approximate surface area is 149 Å². The zero-order chi connectivity index (χ0) is 18.8. The summed E-state index contributed by atoms with van der Waals surface area (Å²) in [6.07, 6.45) is -3.81. The van der Waals surface area contributed by atoms with Gasteiger partial charge in [-0.05, 0) is 48.4 Å². The highest BCUT2D eigenvalue weighted by atomic mass is 19.4. The van der Waals surface area contributed by atoms with Gasteiger partial charge in [0.1, 0.15) is 0 Å². The first-order chi connectivity index (χ1) is 12.3. The SMILES string of the molecule is O=C(NC[C@@]1(O)CCNC1)c1cccc(-c2ccc(C(F)(F)F)cc2)c1. The van der Waals surface area contributed by atoms with Gasteiger partial charge in [0.05, 0.1) is 11.2 Å². The number of rotatable bonds is 4. The lowest BCUT2D eigenvalue weighted by Crippen LogP contribution is -2.44. The average molecular weight is 364 g/mol. The van der Waals surface area contributed by atoms with Gasteiger partial charge in [-0.25, -0.2) is 0 Å². The number of hydrogen-bond acceptors (Lipinski definition) is 3. The summed E-state index contributed by atoms with van der Waals surface area (Å²) < 4.78 is 38.0. The van der Waals surface area contributed by atoms with Gasteiger partial charge >= 0.3 is 6.18 Å². The molecule has 1 amide bonds. The summed E-state index contributed by atoms with van der Waals surface area (Å²) in [6, 6.07) is 11.4. The van der Waals surface area contributed by atoms with Crippen molar-refractivity contribution in [2.24, 2.45) is 0 Å². The molecule has 3 rings (SSSR count). The van der Waals surface area contributed by atoms with Crippen LogP contribution in [0.5, 0.6) is 0 Å². The molecule has 1 aliphatic heterocycles. The minimum atomic E-state index is -4.38. The fourth-order valence-corrected chi connectivity index (χ4v) is 2.92. The van der Waals surface area contributed by atoms with Gasteiger partial charge in [-0.15, -0.1) is 0 Å². The van der Waals surface area contributed by atoms with Gasteiger partial charge in [-0.2, -0.15) is 13.2 Å². The highest BCUT2D eigenvalue weighted by Gasteiger charge is 2.31. The van der Waals surface area contributed by atoms with Gasteiger partial charge in [-0.3, -0.25) is 4.79 Å². The number of amides is 1. The van der Waals surface area contributed by atoms with E-state index in [4.69, 9.17) is 0 Å². The van der Waals surface area contributed by atoms with E-state index in [1.807, 2.05) is 0 Å². The van der Waals surface area contributed by atoms with Crippen molar-refractivity contribution in [3.8, 4) is 11.1 Å². The van der Waals surface area contributed by atoms with Crippen molar-refractivity contribution in [2.45, 2.75) is 18.2 Å². The van der Waals surface area contributed by atoms with Gasteiger partial charge in [0.25, 0.3) is 5.91 Å². The van der Waals surface area contributed by atoms with E-state index in [0.29, 0.717) is 36.2 Å². The minimum Gasteiger partial charge on any atom is -0.387 e. The number of hydrogen-bond donors (Lipinski definition) is 3. The highest BCUT2D eigenvalue weighted by molar-refractivity contribution is 5.95. The van der Waals surface area contributed by atoms with Crippen molar-refractivity contribution >= 4 is 5.91 Å². The Balaban J connectivity index is 1.72. The summed E-state index contributed by atoms with van der Waals surface area (Å²) in [5.74, 6) is -0.334. The first kappa shape index (κ1) is 18.4. The minimum absolute atomic E-state index is 0.142. The quantitative estimate of drug-likeness (QED) is 0.782. The van der Waals surface area contributed by atoms with Crippen molar-refractivity contribution < 1.29 is 23.1 Å². The topological polar surface area (TPSA) is 61.4 Å². The van der Waals surface area contributed by atoms with Crippen LogP contribution in [0, 0.1) is 0 Å². The van der Waals surface area contributed by atoms with E-state index in [0.717, 1.165) is 12.1 Å². The van der Waals surface area contributed by atoms with Crippen LogP contribution in [0.1, 0.15) is 22.3 Å². The van der Waals surface area contributed by atoms with Gasteiger partial charge in [0.15, 0.2) is 0 Å². The fourth-order valence-electron chi connectivity index (χ4n) is 2.92. The second kappa shape index (κ2) is 7.09. The van der Waals surface area contributed by atoms with Gasteiger partial charge < -0.3 is 15.7 Å². The van der Waals surface area contributed by atoms with Gasteiger partial charge in [-0.1, -0.05) is 24.3 Å². The number of halogens is 3. The molecule has 1 saturated heterocycles. The van der Waals surface area contributed by atoms with Crippen molar-refractivity contribution in [3.05, 3.63) is 59.7 Å². The van der Waals surface area contributed by atoms with E-state index in [1.54, 1.807) is 24.3 Å². The number of nitrogens with one attached hydrogen (secondary N) is 2. The molecule has 1 atom stereocenters. The van der Waals surface area contributed by atoms with Crippen molar-refractivity contribution in [3.63, 3.8) is 0 Å². The van der Waals surface area contributed by atoms with Crippen molar-refractivity contribution in [2.75, 3.05) is 19.6 Å². The smallest absolute Gasteiger partial charge is 0.387 e. The van der Waals surface area contributed by atoms with Crippen LogP contribution in [0.2, 0.25) is 0 Å². The van der Waals surface area contributed by atoms with Crippen LogP contribution < -0.4 is 10.6 Å². The number of alkyl halides is 3. The lowest BCUT2D eigenvalue weighted by molar-refractivity contribution is -0.137. The third-order valence-corrected chi connectivity index (χ3v) is 4.47. The van der Waals surface area contributed by atoms with E-state index in [-0.39, 0.29) is 12.5 Å². The predicted octanol–water partition coefficient (Wildman–Crippen LogP) is 2.83. The molecule has 26 heavy (non-hydrogen) atoms. The number of carbonyl (C=O) groups is 1. The molecule has 4 nitrogen and oxygen atoms in total. The lowest BCUT2D eigenvalue weighted by atomic mass is 10.0. The maximum atomic E-state index is 12.7. The van der Waals surface area contributed by atoms with Crippen LogP contribution in [-0.2, 0) is 6.18 Å². The Kier molecular flexibility index (Phi) is 5.02. The number of aliphatic hydroxyl groups is 1. The van der Waals surface area contributed by atoms with Crippen LogP contribution in [-0.4, -0.2) is 36.2 Å². The lowest BCUT2D eigenvalue weighted by Gasteiger charge is -2.21. The molecular formula is C19H19F3N2O2. The number of benzene rings is 2. The first-order valence-electron chi connectivity index (χ1n) is 8.26. The van der Waals surface area contributed by atoms with E-state index < -0.39 is 17.3 Å². The molecule has 0 radical (unpaired) electrons. The molecule has 0 aromatic heterocycles. The van der Waals surface area contributed by atoms with Gasteiger partial charge in [0, 0.05) is 18.7 Å². The second-order valence-corrected chi connectivity index (χ2v) is 6.49. The fraction of sp³-hybridized carbons (Fsp3) is 0.316. The Bertz CT molecular complexity index is 782. The maximum Gasteiger partial charge on any atom is 0.416 e.